The highest BCUT2D eigenvalue weighted by Gasteiger charge is 2.34. The van der Waals surface area contributed by atoms with Crippen LogP contribution >= 0.6 is 0 Å². The molecule has 1 aliphatic carbocycles. The zero-order valence-electron chi connectivity index (χ0n) is 6.34. The SMILES string of the molecule is C1CCC2(CC1)CN=NC2. The van der Waals surface area contributed by atoms with Crippen molar-refractivity contribution in [2.75, 3.05) is 13.1 Å². The molecule has 0 aromatic carbocycles. The summed E-state index contributed by atoms with van der Waals surface area (Å²) in [5.41, 5.74) is 0.540. The Morgan fingerprint density at radius 3 is 2.00 bits per heavy atom. The third-order valence-corrected chi connectivity index (χ3v) is 2.83. The van der Waals surface area contributed by atoms with Crippen molar-refractivity contribution in [3.63, 3.8) is 0 Å². The molecule has 2 rings (SSSR count). The second-order valence-corrected chi connectivity index (χ2v) is 3.66. The summed E-state index contributed by atoms with van der Waals surface area (Å²) in [6.07, 6.45) is 7.00. The van der Waals surface area contributed by atoms with Gasteiger partial charge in [0.1, 0.15) is 0 Å². The van der Waals surface area contributed by atoms with Crippen LogP contribution in [-0.2, 0) is 0 Å². The molecule has 1 spiro atoms. The fourth-order valence-corrected chi connectivity index (χ4v) is 2.07. The normalized spacial score (nSPS) is 29.6. The standard InChI is InChI=1S/C8H14N2/c1-2-4-8(5-3-1)6-9-10-7-8/h1-7H2. The molecule has 2 heteroatoms. The van der Waals surface area contributed by atoms with Gasteiger partial charge in [-0.2, -0.15) is 10.2 Å². The molecule has 1 fully saturated rings. The first-order valence-corrected chi connectivity index (χ1v) is 4.25. The van der Waals surface area contributed by atoms with E-state index in [-0.39, 0.29) is 0 Å². The summed E-state index contributed by atoms with van der Waals surface area (Å²) in [6.45, 7) is 2.04. The highest BCUT2D eigenvalue weighted by Crippen LogP contribution is 2.39. The van der Waals surface area contributed by atoms with Crippen LogP contribution in [0.1, 0.15) is 32.1 Å². The van der Waals surface area contributed by atoms with E-state index in [1.54, 1.807) is 0 Å². The Balaban J connectivity index is 2.00. The fourth-order valence-electron chi connectivity index (χ4n) is 2.07. The van der Waals surface area contributed by atoms with Gasteiger partial charge in [-0.25, -0.2) is 0 Å². The molecule has 1 saturated carbocycles. The molecule has 0 aromatic rings. The molecular formula is C8H14N2. The van der Waals surface area contributed by atoms with E-state index in [1.807, 2.05) is 0 Å². The summed E-state index contributed by atoms with van der Waals surface area (Å²) < 4.78 is 0. The number of hydrogen-bond donors (Lipinski definition) is 0. The second kappa shape index (κ2) is 2.33. The molecule has 0 saturated heterocycles. The zero-order valence-corrected chi connectivity index (χ0v) is 6.34. The summed E-state index contributed by atoms with van der Waals surface area (Å²) >= 11 is 0. The molecule has 0 atom stereocenters. The topological polar surface area (TPSA) is 24.7 Å². The van der Waals surface area contributed by atoms with Crippen molar-refractivity contribution in [3.8, 4) is 0 Å². The van der Waals surface area contributed by atoms with E-state index in [2.05, 4.69) is 10.2 Å². The van der Waals surface area contributed by atoms with E-state index in [9.17, 15) is 0 Å². The van der Waals surface area contributed by atoms with Crippen LogP contribution < -0.4 is 0 Å². The minimum atomic E-state index is 0.540. The molecule has 56 valence electrons. The Labute approximate surface area is 61.7 Å². The van der Waals surface area contributed by atoms with E-state index in [4.69, 9.17) is 0 Å². The molecule has 0 aromatic heterocycles. The molecule has 0 radical (unpaired) electrons. The van der Waals surface area contributed by atoms with Crippen molar-refractivity contribution in [2.45, 2.75) is 32.1 Å². The number of hydrogen-bond acceptors (Lipinski definition) is 2. The monoisotopic (exact) mass is 138 g/mol. The maximum absolute atomic E-state index is 4.09. The molecule has 2 aliphatic rings. The lowest BCUT2D eigenvalue weighted by molar-refractivity contribution is 0.231. The van der Waals surface area contributed by atoms with Gasteiger partial charge in [0.05, 0.1) is 13.1 Å². The van der Waals surface area contributed by atoms with Crippen LogP contribution in [0.5, 0.6) is 0 Å². The van der Waals surface area contributed by atoms with Crippen molar-refractivity contribution < 1.29 is 0 Å². The van der Waals surface area contributed by atoms with E-state index in [0.717, 1.165) is 13.1 Å². The van der Waals surface area contributed by atoms with Gasteiger partial charge in [0.2, 0.25) is 0 Å². The predicted molar refractivity (Wildman–Crippen MR) is 40.1 cm³/mol. The Hall–Kier alpha value is -0.400. The number of azo groups is 1. The average Bonchev–Trinajstić information content (AvgIpc) is 2.39. The lowest BCUT2D eigenvalue weighted by atomic mass is 9.75. The molecule has 10 heavy (non-hydrogen) atoms. The molecule has 0 unspecified atom stereocenters. The first kappa shape index (κ1) is 6.32. The van der Waals surface area contributed by atoms with E-state index in [1.165, 1.54) is 32.1 Å². The third-order valence-electron chi connectivity index (χ3n) is 2.83. The van der Waals surface area contributed by atoms with Crippen LogP contribution in [0, 0.1) is 5.41 Å². The van der Waals surface area contributed by atoms with Crippen molar-refractivity contribution in [3.05, 3.63) is 0 Å². The van der Waals surface area contributed by atoms with Gasteiger partial charge in [-0.1, -0.05) is 19.3 Å². The van der Waals surface area contributed by atoms with Crippen molar-refractivity contribution in [1.82, 2.24) is 0 Å². The number of rotatable bonds is 0. The largest absolute Gasteiger partial charge is 0.194 e. The Morgan fingerprint density at radius 1 is 0.800 bits per heavy atom. The van der Waals surface area contributed by atoms with Gasteiger partial charge in [-0.05, 0) is 12.8 Å². The van der Waals surface area contributed by atoms with Gasteiger partial charge in [0.25, 0.3) is 0 Å². The maximum Gasteiger partial charge on any atom is 0.0673 e. The van der Waals surface area contributed by atoms with E-state index >= 15 is 0 Å². The van der Waals surface area contributed by atoms with Crippen LogP contribution in [0.3, 0.4) is 0 Å². The first-order valence-electron chi connectivity index (χ1n) is 4.25. The third kappa shape index (κ3) is 0.957. The van der Waals surface area contributed by atoms with Crippen LogP contribution in [0.4, 0.5) is 0 Å². The predicted octanol–water partition coefficient (Wildman–Crippen LogP) is 2.40. The van der Waals surface area contributed by atoms with Crippen LogP contribution in [0.2, 0.25) is 0 Å². The van der Waals surface area contributed by atoms with Crippen molar-refractivity contribution in [2.24, 2.45) is 15.6 Å². The summed E-state index contributed by atoms with van der Waals surface area (Å²) in [5.74, 6) is 0. The highest BCUT2D eigenvalue weighted by atomic mass is 15.2. The van der Waals surface area contributed by atoms with Crippen LogP contribution in [0.25, 0.3) is 0 Å². The summed E-state index contributed by atoms with van der Waals surface area (Å²) in [5, 5.41) is 8.17. The summed E-state index contributed by atoms with van der Waals surface area (Å²) in [4.78, 5) is 0. The fraction of sp³-hybridized carbons (Fsp3) is 1.00. The van der Waals surface area contributed by atoms with Gasteiger partial charge in [-0.3, -0.25) is 0 Å². The Bertz CT molecular complexity index is 135. The van der Waals surface area contributed by atoms with Crippen molar-refractivity contribution in [1.29, 1.82) is 0 Å². The maximum atomic E-state index is 4.09. The zero-order chi connectivity index (χ0) is 6.86. The molecular weight excluding hydrogens is 124 g/mol. The van der Waals surface area contributed by atoms with Gasteiger partial charge >= 0.3 is 0 Å². The molecule has 1 aliphatic heterocycles. The highest BCUT2D eigenvalue weighted by molar-refractivity contribution is 4.89. The van der Waals surface area contributed by atoms with E-state index < -0.39 is 0 Å². The van der Waals surface area contributed by atoms with Crippen LogP contribution in [-0.4, -0.2) is 13.1 Å². The van der Waals surface area contributed by atoms with Gasteiger partial charge in [-0.15, -0.1) is 0 Å². The van der Waals surface area contributed by atoms with E-state index in [0.29, 0.717) is 5.41 Å². The molecule has 0 amide bonds. The minimum Gasteiger partial charge on any atom is -0.194 e. The van der Waals surface area contributed by atoms with Gasteiger partial charge in [0.15, 0.2) is 0 Å². The number of nitrogens with zero attached hydrogens (tertiary/aromatic N) is 2. The van der Waals surface area contributed by atoms with Gasteiger partial charge in [0, 0.05) is 5.41 Å². The Kier molecular flexibility index (Phi) is 1.47. The molecule has 2 nitrogen and oxygen atoms in total. The Morgan fingerprint density at radius 2 is 1.40 bits per heavy atom. The summed E-state index contributed by atoms with van der Waals surface area (Å²) in [6, 6.07) is 0. The molecule has 0 N–H and O–H groups in total. The minimum absolute atomic E-state index is 0.540. The summed E-state index contributed by atoms with van der Waals surface area (Å²) in [7, 11) is 0. The molecule has 1 heterocycles. The van der Waals surface area contributed by atoms with Crippen LogP contribution in [0.15, 0.2) is 10.2 Å². The average molecular weight is 138 g/mol. The smallest absolute Gasteiger partial charge is 0.0673 e. The lowest BCUT2D eigenvalue weighted by Gasteiger charge is -2.30. The van der Waals surface area contributed by atoms with Gasteiger partial charge < -0.3 is 0 Å². The molecule has 0 bridgehead atoms. The lowest BCUT2D eigenvalue weighted by Crippen LogP contribution is -2.27. The quantitative estimate of drug-likeness (QED) is 0.491. The first-order chi connectivity index (χ1) is 4.91. The second-order valence-electron chi connectivity index (χ2n) is 3.66. The van der Waals surface area contributed by atoms with Crippen molar-refractivity contribution >= 4 is 0 Å².